The van der Waals surface area contributed by atoms with Crippen molar-refractivity contribution in [3.05, 3.63) is 29.8 Å². The van der Waals surface area contributed by atoms with Gasteiger partial charge in [0.2, 0.25) is 0 Å². The summed E-state index contributed by atoms with van der Waals surface area (Å²) in [6.45, 7) is 0.193. The minimum absolute atomic E-state index is 0.00619. The van der Waals surface area contributed by atoms with E-state index in [1.807, 2.05) is 0 Å². The van der Waals surface area contributed by atoms with Crippen molar-refractivity contribution < 1.29 is 24.5 Å². The second kappa shape index (κ2) is 7.46. The number of amides is 2. The lowest BCUT2D eigenvalue weighted by Crippen LogP contribution is -2.39. The summed E-state index contributed by atoms with van der Waals surface area (Å²) in [6.07, 6.45) is -0.800. The summed E-state index contributed by atoms with van der Waals surface area (Å²) in [7, 11) is 2.95. The highest BCUT2D eigenvalue weighted by atomic mass is 16.5. The molecule has 0 fully saturated rings. The summed E-state index contributed by atoms with van der Waals surface area (Å²) in [4.78, 5) is 24.2. The molecule has 3 N–H and O–H groups in total. The first-order chi connectivity index (χ1) is 9.45. The van der Waals surface area contributed by atoms with Crippen LogP contribution in [0.15, 0.2) is 24.3 Å². The molecule has 0 aliphatic carbocycles. The van der Waals surface area contributed by atoms with Gasteiger partial charge >= 0.3 is 12.0 Å². The Morgan fingerprint density at radius 1 is 1.40 bits per heavy atom. The molecule has 1 aromatic rings. The summed E-state index contributed by atoms with van der Waals surface area (Å²) >= 11 is 0. The quantitative estimate of drug-likeness (QED) is 0.718. The standard InChI is InChI=1S/C13H18N2O5/c1-15(7-9(16)8-20-2)13(19)14-11-6-4-3-5-10(11)12(17)18/h3-6,9,16H,7-8H2,1-2H3,(H,14,19)(H,17,18). The third-order valence-corrected chi connectivity index (χ3v) is 2.59. The third kappa shape index (κ3) is 4.52. The van der Waals surface area contributed by atoms with Crippen molar-refractivity contribution in [3.8, 4) is 0 Å². The molecule has 0 bridgehead atoms. The number of carboxylic acids is 1. The van der Waals surface area contributed by atoms with Gasteiger partial charge in [-0.2, -0.15) is 0 Å². The van der Waals surface area contributed by atoms with Gasteiger partial charge in [0.25, 0.3) is 0 Å². The fraction of sp³-hybridized carbons (Fsp3) is 0.385. The Labute approximate surface area is 116 Å². The van der Waals surface area contributed by atoms with Crippen LogP contribution in [0.5, 0.6) is 0 Å². The number of carbonyl (C=O) groups is 2. The lowest BCUT2D eigenvalue weighted by atomic mass is 10.2. The average Bonchev–Trinajstić information content (AvgIpc) is 2.39. The number of urea groups is 1. The SMILES string of the molecule is COCC(O)CN(C)C(=O)Nc1ccccc1C(=O)O. The molecule has 0 aliphatic rings. The molecule has 1 aromatic carbocycles. The molecule has 7 nitrogen and oxygen atoms in total. The minimum Gasteiger partial charge on any atom is -0.478 e. The number of likely N-dealkylation sites (N-methyl/N-ethyl adjacent to an activating group) is 1. The van der Waals surface area contributed by atoms with Crippen LogP contribution in [0.1, 0.15) is 10.4 Å². The van der Waals surface area contributed by atoms with Crippen molar-refractivity contribution in [2.45, 2.75) is 6.10 Å². The van der Waals surface area contributed by atoms with Gasteiger partial charge < -0.3 is 25.2 Å². The van der Waals surface area contributed by atoms with Crippen molar-refractivity contribution in [1.29, 1.82) is 0 Å². The molecular weight excluding hydrogens is 264 g/mol. The van der Waals surface area contributed by atoms with Gasteiger partial charge in [-0.25, -0.2) is 9.59 Å². The van der Waals surface area contributed by atoms with Crippen molar-refractivity contribution in [3.63, 3.8) is 0 Å². The highest BCUT2D eigenvalue weighted by Gasteiger charge is 2.16. The van der Waals surface area contributed by atoms with E-state index in [9.17, 15) is 14.7 Å². The predicted molar refractivity (Wildman–Crippen MR) is 72.9 cm³/mol. The van der Waals surface area contributed by atoms with Crippen LogP contribution >= 0.6 is 0 Å². The molecule has 7 heteroatoms. The number of nitrogens with one attached hydrogen (secondary N) is 1. The zero-order valence-corrected chi connectivity index (χ0v) is 11.4. The number of aromatic carboxylic acids is 1. The van der Waals surface area contributed by atoms with Crippen molar-refractivity contribution in [2.24, 2.45) is 0 Å². The first-order valence-electron chi connectivity index (χ1n) is 5.97. The van der Waals surface area contributed by atoms with E-state index < -0.39 is 18.1 Å². The molecule has 0 saturated heterocycles. The molecular formula is C13H18N2O5. The molecule has 20 heavy (non-hydrogen) atoms. The molecule has 1 atom stereocenters. The summed E-state index contributed by atoms with van der Waals surface area (Å²) < 4.78 is 4.77. The number of carboxylic acid groups (broad SMARTS) is 1. The van der Waals surface area contributed by atoms with E-state index in [2.05, 4.69) is 5.32 Å². The number of hydrogen-bond acceptors (Lipinski definition) is 4. The van der Waals surface area contributed by atoms with E-state index in [0.717, 1.165) is 0 Å². The maximum Gasteiger partial charge on any atom is 0.337 e. The molecule has 0 radical (unpaired) electrons. The second-order valence-electron chi connectivity index (χ2n) is 4.27. The number of methoxy groups -OCH3 is 1. The summed E-state index contributed by atoms with van der Waals surface area (Å²) in [5.41, 5.74) is 0.213. The number of rotatable bonds is 6. The normalized spacial score (nSPS) is 11.8. The fourth-order valence-corrected chi connectivity index (χ4v) is 1.63. The molecule has 0 heterocycles. The summed E-state index contributed by atoms with van der Waals surface area (Å²) in [5.74, 6) is -1.12. The maximum absolute atomic E-state index is 11.9. The van der Waals surface area contributed by atoms with Gasteiger partial charge in [0.1, 0.15) is 0 Å². The van der Waals surface area contributed by atoms with Crippen LogP contribution in [-0.4, -0.2) is 60.5 Å². The van der Waals surface area contributed by atoms with E-state index in [0.29, 0.717) is 0 Å². The van der Waals surface area contributed by atoms with Crippen LogP contribution in [0.25, 0.3) is 0 Å². The summed E-state index contributed by atoms with van der Waals surface area (Å²) in [5, 5.41) is 21.0. The smallest absolute Gasteiger partial charge is 0.337 e. The highest BCUT2D eigenvalue weighted by Crippen LogP contribution is 2.15. The topological polar surface area (TPSA) is 99.1 Å². The highest BCUT2D eigenvalue weighted by molar-refractivity contribution is 5.99. The molecule has 0 saturated carbocycles. The number of benzene rings is 1. The van der Waals surface area contributed by atoms with Gasteiger partial charge in [0, 0.05) is 14.2 Å². The van der Waals surface area contributed by atoms with Gasteiger partial charge in [-0.3, -0.25) is 0 Å². The van der Waals surface area contributed by atoms with Crippen molar-refractivity contribution >= 4 is 17.7 Å². The lowest BCUT2D eigenvalue weighted by molar-refractivity contribution is 0.0501. The molecule has 0 spiro atoms. The molecule has 1 rings (SSSR count). The Bertz CT molecular complexity index is 478. The van der Waals surface area contributed by atoms with Crippen LogP contribution in [0.2, 0.25) is 0 Å². The Hall–Kier alpha value is -2.12. The van der Waals surface area contributed by atoms with Gasteiger partial charge in [-0.05, 0) is 12.1 Å². The van der Waals surface area contributed by atoms with E-state index >= 15 is 0 Å². The van der Waals surface area contributed by atoms with E-state index in [4.69, 9.17) is 9.84 Å². The number of hydrogen-bond donors (Lipinski definition) is 3. The van der Waals surface area contributed by atoms with E-state index in [-0.39, 0.29) is 24.4 Å². The number of aliphatic hydroxyl groups is 1. The molecule has 1 unspecified atom stereocenters. The Morgan fingerprint density at radius 2 is 2.05 bits per heavy atom. The third-order valence-electron chi connectivity index (χ3n) is 2.59. The lowest BCUT2D eigenvalue weighted by Gasteiger charge is -2.21. The van der Waals surface area contributed by atoms with Crippen molar-refractivity contribution in [2.75, 3.05) is 32.6 Å². The number of para-hydroxylation sites is 1. The largest absolute Gasteiger partial charge is 0.478 e. The second-order valence-corrected chi connectivity index (χ2v) is 4.27. The van der Waals surface area contributed by atoms with Crippen LogP contribution in [0.3, 0.4) is 0 Å². The molecule has 2 amide bonds. The average molecular weight is 282 g/mol. The zero-order chi connectivity index (χ0) is 15.1. The van der Waals surface area contributed by atoms with Crippen LogP contribution in [-0.2, 0) is 4.74 Å². The number of anilines is 1. The molecule has 110 valence electrons. The monoisotopic (exact) mass is 282 g/mol. The minimum atomic E-state index is -1.12. The first kappa shape index (κ1) is 15.9. The summed E-state index contributed by atoms with van der Waals surface area (Å²) in [6, 6.07) is 5.60. The van der Waals surface area contributed by atoms with Gasteiger partial charge in [-0.1, -0.05) is 12.1 Å². The van der Waals surface area contributed by atoms with Gasteiger partial charge in [0.15, 0.2) is 0 Å². The Morgan fingerprint density at radius 3 is 2.65 bits per heavy atom. The number of aliphatic hydroxyl groups excluding tert-OH is 1. The Kier molecular flexibility index (Phi) is 5.95. The first-order valence-corrected chi connectivity index (χ1v) is 5.97. The fourth-order valence-electron chi connectivity index (χ4n) is 1.63. The van der Waals surface area contributed by atoms with Gasteiger partial charge in [-0.15, -0.1) is 0 Å². The molecule has 0 aliphatic heterocycles. The van der Waals surface area contributed by atoms with Crippen molar-refractivity contribution in [1.82, 2.24) is 4.90 Å². The van der Waals surface area contributed by atoms with E-state index in [1.54, 1.807) is 12.1 Å². The number of nitrogens with zero attached hydrogens (tertiary/aromatic N) is 1. The van der Waals surface area contributed by atoms with Crippen LogP contribution in [0.4, 0.5) is 10.5 Å². The number of ether oxygens (including phenoxy) is 1. The molecule has 0 aromatic heterocycles. The van der Waals surface area contributed by atoms with Gasteiger partial charge in [0.05, 0.1) is 30.5 Å². The van der Waals surface area contributed by atoms with E-state index in [1.165, 1.54) is 31.2 Å². The van der Waals surface area contributed by atoms with Crippen LogP contribution in [0, 0.1) is 0 Å². The predicted octanol–water partition coefficient (Wildman–Crippen LogP) is 0.856. The van der Waals surface area contributed by atoms with Crippen LogP contribution < -0.4 is 5.32 Å². The Balaban J connectivity index is 2.68. The number of carbonyl (C=O) groups excluding carboxylic acids is 1. The maximum atomic E-state index is 11.9. The zero-order valence-electron chi connectivity index (χ0n) is 11.4.